The minimum absolute atomic E-state index is 0.0510. The summed E-state index contributed by atoms with van der Waals surface area (Å²) in [6.07, 6.45) is 1.47. The second-order valence-corrected chi connectivity index (χ2v) is 7.93. The lowest BCUT2D eigenvalue weighted by Crippen LogP contribution is -2.11. The first kappa shape index (κ1) is 20.2. The number of aromatic nitrogens is 4. The number of nitrogens with one attached hydrogen (secondary N) is 2. The average molecular weight is 457 g/mol. The third kappa shape index (κ3) is 4.56. The molecule has 2 aromatic carbocycles. The van der Waals surface area contributed by atoms with Crippen LogP contribution in [0, 0.1) is 6.92 Å². The van der Waals surface area contributed by atoms with E-state index in [0.29, 0.717) is 26.5 Å². The second kappa shape index (κ2) is 8.74. The van der Waals surface area contributed by atoms with Gasteiger partial charge in [0.1, 0.15) is 4.88 Å². The van der Waals surface area contributed by atoms with E-state index in [0.717, 1.165) is 22.5 Å². The highest BCUT2D eigenvalue weighted by molar-refractivity contribution is 7.17. The number of aryl methyl sites for hydroxylation is 1. The van der Waals surface area contributed by atoms with Gasteiger partial charge in [-0.1, -0.05) is 65.4 Å². The smallest absolute Gasteiger partial charge is 0.267 e. The molecule has 150 valence electrons. The van der Waals surface area contributed by atoms with E-state index >= 15 is 0 Å². The van der Waals surface area contributed by atoms with Gasteiger partial charge in [0, 0.05) is 5.56 Å². The lowest BCUT2D eigenvalue weighted by Gasteiger charge is -2.08. The van der Waals surface area contributed by atoms with Crippen LogP contribution in [-0.2, 0) is 0 Å². The minimum Gasteiger partial charge on any atom is -0.320 e. The van der Waals surface area contributed by atoms with Crippen molar-refractivity contribution in [1.82, 2.24) is 19.9 Å². The molecule has 0 saturated heterocycles. The van der Waals surface area contributed by atoms with E-state index in [4.69, 9.17) is 23.2 Å². The number of para-hydroxylation sites is 1. The zero-order valence-corrected chi connectivity index (χ0v) is 17.9. The van der Waals surface area contributed by atoms with E-state index in [2.05, 4.69) is 30.6 Å². The van der Waals surface area contributed by atoms with Gasteiger partial charge in [-0.15, -0.1) is 0 Å². The quantitative estimate of drug-likeness (QED) is 0.405. The fraction of sp³-hybridized carbons (Fsp3) is 0.0500. The fourth-order valence-electron chi connectivity index (χ4n) is 2.62. The van der Waals surface area contributed by atoms with E-state index < -0.39 is 0 Å². The SMILES string of the molecule is Cc1cccc(Cl)c1NC(=O)c1cnc(Nc2nc(Cl)nc(-c3ccccc3)n2)s1. The number of anilines is 3. The number of hydrogen-bond acceptors (Lipinski definition) is 7. The monoisotopic (exact) mass is 456 g/mol. The van der Waals surface area contributed by atoms with Crippen LogP contribution in [0.15, 0.2) is 54.7 Å². The topological polar surface area (TPSA) is 92.7 Å². The van der Waals surface area contributed by atoms with Crippen molar-refractivity contribution in [3.05, 3.63) is 75.5 Å². The molecule has 30 heavy (non-hydrogen) atoms. The first-order valence-corrected chi connectivity index (χ1v) is 10.3. The molecule has 2 aromatic heterocycles. The Bertz CT molecular complexity index is 1190. The average Bonchev–Trinajstić information content (AvgIpc) is 3.19. The van der Waals surface area contributed by atoms with E-state index in [1.54, 1.807) is 6.07 Å². The van der Waals surface area contributed by atoms with Gasteiger partial charge in [-0.05, 0) is 30.2 Å². The molecule has 0 aliphatic rings. The molecule has 2 heterocycles. The molecule has 1 amide bonds. The second-order valence-electron chi connectivity index (χ2n) is 6.16. The molecule has 2 N–H and O–H groups in total. The van der Waals surface area contributed by atoms with Gasteiger partial charge in [0.15, 0.2) is 11.0 Å². The Labute approximate surface area is 186 Å². The van der Waals surface area contributed by atoms with E-state index in [9.17, 15) is 4.79 Å². The maximum atomic E-state index is 12.6. The van der Waals surface area contributed by atoms with Crippen molar-refractivity contribution in [2.24, 2.45) is 0 Å². The van der Waals surface area contributed by atoms with Gasteiger partial charge in [0.2, 0.25) is 11.2 Å². The third-order valence-electron chi connectivity index (χ3n) is 4.05. The highest BCUT2D eigenvalue weighted by atomic mass is 35.5. The van der Waals surface area contributed by atoms with E-state index in [-0.39, 0.29) is 17.1 Å². The highest BCUT2D eigenvalue weighted by Crippen LogP contribution is 2.28. The molecule has 0 aliphatic heterocycles. The predicted octanol–water partition coefficient (Wildman–Crippen LogP) is 5.61. The maximum absolute atomic E-state index is 12.6. The summed E-state index contributed by atoms with van der Waals surface area (Å²) in [4.78, 5) is 29.8. The molecule has 0 radical (unpaired) electrons. The predicted molar refractivity (Wildman–Crippen MR) is 120 cm³/mol. The first-order chi connectivity index (χ1) is 14.5. The van der Waals surface area contributed by atoms with Gasteiger partial charge in [-0.2, -0.15) is 15.0 Å². The third-order valence-corrected chi connectivity index (χ3v) is 5.44. The number of benzene rings is 2. The van der Waals surface area contributed by atoms with Gasteiger partial charge in [-0.3, -0.25) is 10.1 Å². The largest absolute Gasteiger partial charge is 0.320 e. The number of amides is 1. The molecule has 0 bridgehead atoms. The van der Waals surface area contributed by atoms with Gasteiger partial charge < -0.3 is 5.32 Å². The van der Waals surface area contributed by atoms with Crippen molar-refractivity contribution >= 4 is 57.2 Å². The van der Waals surface area contributed by atoms with Gasteiger partial charge in [0.05, 0.1) is 16.9 Å². The van der Waals surface area contributed by atoms with Crippen LogP contribution in [0.5, 0.6) is 0 Å². The summed E-state index contributed by atoms with van der Waals surface area (Å²) in [6, 6.07) is 14.8. The normalized spacial score (nSPS) is 10.6. The summed E-state index contributed by atoms with van der Waals surface area (Å²) >= 11 is 13.4. The molecule has 10 heteroatoms. The summed E-state index contributed by atoms with van der Waals surface area (Å²) < 4.78 is 0. The Kier molecular flexibility index (Phi) is 5.89. The lowest BCUT2D eigenvalue weighted by molar-refractivity contribution is 0.103. The van der Waals surface area contributed by atoms with Crippen LogP contribution < -0.4 is 10.6 Å². The van der Waals surface area contributed by atoms with Crippen LogP contribution in [0.3, 0.4) is 0 Å². The number of thiazole rings is 1. The molecule has 0 saturated carbocycles. The van der Waals surface area contributed by atoms with Crippen molar-refractivity contribution in [1.29, 1.82) is 0 Å². The number of nitrogens with zero attached hydrogens (tertiary/aromatic N) is 4. The Hall–Kier alpha value is -3.07. The molecule has 7 nitrogen and oxygen atoms in total. The Morgan fingerprint density at radius 3 is 2.57 bits per heavy atom. The van der Waals surface area contributed by atoms with Gasteiger partial charge >= 0.3 is 0 Å². The number of carbonyl (C=O) groups is 1. The lowest BCUT2D eigenvalue weighted by atomic mass is 10.2. The standard InChI is InChI=1S/C20H14Cl2N6OS/c1-11-6-5-9-13(21)15(11)24-17(29)14-10-23-20(30-14)28-19-26-16(25-18(22)27-19)12-7-3-2-4-8-12/h2-10H,1H3,(H,24,29)(H,23,25,26,27,28). The van der Waals surface area contributed by atoms with Crippen molar-refractivity contribution in [3.63, 3.8) is 0 Å². The number of carbonyl (C=O) groups excluding carboxylic acids is 1. The molecule has 4 rings (SSSR count). The molecule has 0 aliphatic carbocycles. The van der Waals surface area contributed by atoms with Crippen molar-refractivity contribution in [2.45, 2.75) is 6.92 Å². The summed E-state index contributed by atoms with van der Waals surface area (Å²) in [5, 5.41) is 6.76. The Balaban J connectivity index is 1.52. The maximum Gasteiger partial charge on any atom is 0.267 e. The first-order valence-electron chi connectivity index (χ1n) is 8.76. The molecular weight excluding hydrogens is 443 g/mol. The summed E-state index contributed by atoms with van der Waals surface area (Å²) in [7, 11) is 0. The van der Waals surface area contributed by atoms with Crippen LogP contribution >= 0.6 is 34.5 Å². The van der Waals surface area contributed by atoms with Crippen molar-refractivity contribution in [3.8, 4) is 11.4 Å². The number of rotatable bonds is 5. The van der Waals surface area contributed by atoms with Crippen molar-refractivity contribution < 1.29 is 4.79 Å². The van der Waals surface area contributed by atoms with Gasteiger partial charge in [0.25, 0.3) is 5.91 Å². The molecule has 4 aromatic rings. The molecule has 0 fully saturated rings. The zero-order chi connectivity index (χ0) is 21.1. The van der Waals surface area contributed by atoms with Crippen LogP contribution in [-0.4, -0.2) is 25.8 Å². The summed E-state index contributed by atoms with van der Waals surface area (Å²) in [5.41, 5.74) is 2.25. The molecule has 0 atom stereocenters. The van der Waals surface area contributed by atoms with Crippen molar-refractivity contribution in [2.75, 3.05) is 10.6 Å². The molecular formula is C20H14Cl2N6OS. The summed E-state index contributed by atoms with van der Waals surface area (Å²) in [6.45, 7) is 1.87. The molecule has 0 spiro atoms. The fourth-order valence-corrected chi connectivity index (χ4v) is 3.75. The van der Waals surface area contributed by atoms with Gasteiger partial charge in [-0.25, -0.2) is 4.98 Å². The van der Waals surface area contributed by atoms with Crippen LogP contribution in [0.4, 0.5) is 16.8 Å². The zero-order valence-electron chi connectivity index (χ0n) is 15.6. The number of halogens is 2. The van der Waals surface area contributed by atoms with E-state index in [1.165, 1.54) is 6.20 Å². The van der Waals surface area contributed by atoms with Crippen LogP contribution in [0.1, 0.15) is 15.2 Å². The molecule has 0 unspecified atom stereocenters. The van der Waals surface area contributed by atoms with Crippen LogP contribution in [0.2, 0.25) is 10.3 Å². The van der Waals surface area contributed by atoms with E-state index in [1.807, 2.05) is 49.4 Å². The number of hydrogen-bond donors (Lipinski definition) is 2. The highest BCUT2D eigenvalue weighted by Gasteiger charge is 2.15. The Morgan fingerprint density at radius 2 is 1.80 bits per heavy atom. The summed E-state index contributed by atoms with van der Waals surface area (Å²) in [5.74, 6) is 0.356. The van der Waals surface area contributed by atoms with Crippen LogP contribution in [0.25, 0.3) is 11.4 Å². The minimum atomic E-state index is -0.310. The Morgan fingerprint density at radius 1 is 1.00 bits per heavy atom.